The van der Waals surface area contributed by atoms with Crippen molar-refractivity contribution in [3.05, 3.63) is 70.3 Å². The maximum Gasteiger partial charge on any atom is 0.254 e. The number of allylic oxidation sites excluding steroid dienone is 4. The summed E-state index contributed by atoms with van der Waals surface area (Å²) in [6.07, 6.45) is 11.8. The molecule has 0 atom stereocenters. The van der Waals surface area contributed by atoms with Gasteiger partial charge in [-0.2, -0.15) is 0 Å². The second kappa shape index (κ2) is 7.65. The van der Waals surface area contributed by atoms with Gasteiger partial charge in [-0.3, -0.25) is 4.79 Å². The molecule has 2 heteroatoms. The number of benzene rings is 1. The Morgan fingerprint density at radius 1 is 1.08 bits per heavy atom. The minimum Gasteiger partial charge on any atom is -0.330 e. The minimum absolute atomic E-state index is 0.205. The van der Waals surface area contributed by atoms with Crippen LogP contribution >= 0.6 is 0 Å². The highest BCUT2D eigenvalue weighted by Gasteiger charge is 2.32. The van der Waals surface area contributed by atoms with E-state index >= 15 is 0 Å². The van der Waals surface area contributed by atoms with Gasteiger partial charge < -0.3 is 4.90 Å². The van der Waals surface area contributed by atoms with E-state index in [1.807, 2.05) is 4.90 Å². The van der Waals surface area contributed by atoms with E-state index in [0.29, 0.717) is 6.54 Å². The van der Waals surface area contributed by atoms with Gasteiger partial charge >= 0.3 is 0 Å². The molecule has 1 amide bonds. The predicted molar refractivity (Wildman–Crippen MR) is 99.6 cm³/mol. The summed E-state index contributed by atoms with van der Waals surface area (Å²) in [6, 6.07) is 8.77. The van der Waals surface area contributed by atoms with E-state index < -0.39 is 0 Å². The molecule has 2 aliphatic rings. The maximum atomic E-state index is 12.9. The van der Waals surface area contributed by atoms with E-state index in [2.05, 4.69) is 56.3 Å². The molecule has 1 saturated heterocycles. The van der Waals surface area contributed by atoms with Crippen molar-refractivity contribution in [2.45, 2.75) is 52.5 Å². The summed E-state index contributed by atoms with van der Waals surface area (Å²) in [5, 5.41) is 0. The first-order valence-corrected chi connectivity index (χ1v) is 9.18. The highest BCUT2D eigenvalue weighted by molar-refractivity contribution is 6.02. The van der Waals surface area contributed by atoms with Crippen molar-refractivity contribution in [3.63, 3.8) is 0 Å². The Balaban J connectivity index is 1.74. The van der Waals surface area contributed by atoms with Crippen LogP contribution < -0.4 is 0 Å². The molecule has 0 bridgehead atoms. The van der Waals surface area contributed by atoms with Crippen molar-refractivity contribution in [1.82, 2.24) is 4.90 Å². The number of fused-ring (bicyclic) bond motifs is 1. The molecule has 0 spiro atoms. The van der Waals surface area contributed by atoms with E-state index in [4.69, 9.17) is 0 Å². The Morgan fingerprint density at radius 3 is 2.54 bits per heavy atom. The van der Waals surface area contributed by atoms with Crippen LogP contribution in [-0.4, -0.2) is 17.4 Å². The molecule has 3 rings (SSSR count). The zero-order chi connectivity index (χ0) is 16.9. The number of rotatable bonds is 6. The van der Waals surface area contributed by atoms with Crippen LogP contribution in [0.1, 0.15) is 50.7 Å². The molecule has 0 N–H and O–H groups in total. The molecule has 1 aromatic carbocycles. The molecule has 1 aliphatic carbocycles. The van der Waals surface area contributed by atoms with E-state index in [1.165, 1.54) is 35.1 Å². The molecule has 0 saturated carbocycles. The Kier molecular flexibility index (Phi) is 5.34. The van der Waals surface area contributed by atoms with Gasteiger partial charge in [-0.05, 0) is 42.4 Å². The zero-order valence-electron chi connectivity index (χ0n) is 14.8. The smallest absolute Gasteiger partial charge is 0.254 e. The molecule has 0 radical (unpaired) electrons. The molecule has 0 unspecified atom stereocenters. The summed E-state index contributed by atoms with van der Waals surface area (Å²) in [4.78, 5) is 14.9. The third-order valence-corrected chi connectivity index (χ3v) is 4.98. The molecule has 1 fully saturated rings. The van der Waals surface area contributed by atoms with Crippen LogP contribution in [0.4, 0.5) is 0 Å². The Morgan fingerprint density at radius 2 is 1.83 bits per heavy atom. The van der Waals surface area contributed by atoms with Gasteiger partial charge in [0.05, 0.1) is 0 Å². The van der Waals surface area contributed by atoms with Crippen LogP contribution in [0.15, 0.2) is 59.2 Å². The number of aryl methyl sites for hydroxylation is 1. The lowest BCUT2D eigenvalue weighted by Crippen LogP contribution is -2.24. The first-order chi connectivity index (χ1) is 11.7. The monoisotopic (exact) mass is 321 g/mol. The fourth-order valence-corrected chi connectivity index (χ4v) is 3.52. The minimum atomic E-state index is 0.205. The zero-order valence-corrected chi connectivity index (χ0v) is 14.8. The first-order valence-electron chi connectivity index (χ1n) is 9.18. The van der Waals surface area contributed by atoms with Crippen LogP contribution in [0.25, 0.3) is 0 Å². The van der Waals surface area contributed by atoms with Crippen molar-refractivity contribution < 1.29 is 4.79 Å². The number of amides is 1. The molecule has 0 aromatic heterocycles. The molecule has 1 aromatic rings. The number of unbranched alkanes of at least 4 members (excludes halogenated alkanes) is 1. The summed E-state index contributed by atoms with van der Waals surface area (Å²) < 4.78 is 0. The number of hydrogen-bond acceptors (Lipinski definition) is 1. The van der Waals surface area contributed by atoms with Crippen LogP contribution in [0.3, 0.4) is 0 Å². The molecule has 24 heavy (non-hydrogen) atoms. The topological polar surface area (TPSA) is 20.3 Å². The average Bonchev–Trinajstić information content (AvgIpc) is 2.79. The van der Waals surface area contributed by atoms with Gasteiger partial charge in [0.1, 0.15) is 0 Å². The first kappa shape index (κ1) is 16.8. The fourth-order valence-electron chi connectivity index (χ4n) is 3.52. The highest BCUT2D eigenvalue weighted by Crippen LogP contribution is 2.32. The quantitative estimate of drug-likeness (QED) is 0.725. The predicted octanol–water partition coefficient (Wildman–Crippen LogP) is 4.96. The summed E-state index contributed by atoms with van der Waals surface area (Å²) >= 11 is 0. The Bertz CT molecular complexity index is 691. The lowest BCUT2D eigenvalue weighted by molar-refractivity contribution is -0.125. The standard InChI is InChI=1S/C22H27NO/c1-3-5-8-17-11-13-18(14-12-17)15-23-16-20-10-7-6-9-19(4-2)21(20)22(23)24/h6-7,10-14H,3-5,8-9,15-16H2,1-2H3. The number of nitrogens with zero attached hydrogens (tertiary/aromatic N) is 1. The molecule has 1 aliphatic heterocycles. The summed E-state index contributed by atoms with van der Waals surface area (Å²) in [6.45, 7) is 5.80. The lowest BCUT2D eigenvalue weighted by atomic mass is 9.99. The number of carbonyl (C=O) groups is 1. The summed E-state index contributed by atoms with van der Waals surface area (Å²) in [5.74, 6) is 0.205. The van der Waals surface area contributed by atoms with Gasteiger partial charge in [0.25, 0.3) is 5.91 Å². The van der Waals surface area contributed by atoms with Crippen molar-refractivity contribution in [2.75, 3.05) is 6.54 Å². The highest BCUT2D eigenvalue weighted by atomic mass is 16.2. The van der Waals surface area contributed by atoms with Crippen LogP contribution in [-0.2, 0) is 17.8 Å². The van der Waals surface area contributed by atoms with Crippen molar-refractivity contribution in [1.29, 1.82) is 0 Å². The average molecular weight is 321 g/mol. The van der Waals surface area contributed by atoms with Crippen LogP contribution in [0.5, 0.6) is 0 Å². The van der Waals surface area contributed by atoms with Crippen LogP contribution in [0, 0.1) is 0 Å². The Hall–Kier alpha value is -2.09. The van der Waals surface area contributed by atoms with E-state index in [-0.39, 0.29) is 5.91 Å². The molecular formula is C22H27NO. The van der Waals surface area contributed by atoms with Gasteiger partial charge in [0.2, 0.25) is 0 Å². The van der Waals surface area contributed by atoms with Gasteiger partial charge in [0.15, 0.2) is 0 Å². The van der Waals surface area contributed by atoms with Crippen molar-refractivity contribution >= 4 is 5.91 Å². The van der Waals surface area contributed by atoms with E-state index in [0.717, 1.165) is 31.4 Å². The van der Waals surface area contributed by atoms with Gasteiger partial charge in [0, 0.05) is 18.7 Å². The van der Waals surface area contributed by atoms with E-state index in [1.54, 1.807) is 0 Å². The number of likely N-dealkylation sites (tertiary alicyclic amines) is 1. The molecule has 2 nitrogen and oxygen atoms in total. The number of hydrogen-bond donors (Lipinski definition) is 0. The van der Waals surface area contributed by atoms with Gasteiger partial charge in [-0.15, -0.1) is 0 Å². The van der Waals surface area contributed by atoms with Crippen LogP contribution in [0.2, 0.25) is 0 Å². The second-order valence-corrected chi connectivity index (χ2v) is 6.74. The van der Waals surface area contributed by atoms with Gasteiger partial charge in [-0.1, -0.05) is 68.3 Å². The molecule has 126 valence electrons. The largest absolute Gasteiger partial charge is 0.330 e. The number of carbonyl (C=O) groups excluding carboxylic acids is 1. The summed E-state index contributed by atoms with van der Waals surface area (Å²) in [5.41, 5.74) is 6.04. The SMILES string of the molecule is CCCCc1ccc(CN2CC3=CC=CCC(CC)=C3C2=O)cc1. The third kappa shape index (κ3) is 3.53. The second-order valence-electron chi connectivity index (χ2n) is 6.74. The maximum absolute atomic E-state index is 12.9. The fraction of sp³-hybridized carbons (Fsp3) is 0.409. The lowest BCUT2D eigenvalue weighted by Gasteiger charge is -2.16. The molecule has 1 heterocycles. The third-order valence-electron chi connectivity index (χ3n) is 4.98. The van der Waals surface area contributed by atoms with E-state index in [9.17, 15) is 4.79 Å². The van der Waals surface area contributed by atoms with Crippen molar-refractivity contribution in [2.24, 2.45) is 0 Å². The van der Waals surface area contributed by atoms with Gasteiger partial charge in [-0.25, -0.2) is 0 Å². The molecular weight excluding hydrogens is 294 g/mol. The summed E-state index contributed by atoms with van der Waals surface area (Å²) in [7, 11) is 0. The Labute approximate surface area is 145 Å². The normalized spacial score (nSPS) is 17.2. The van der Waals surface area contributed by atoms with Crippen molar-refractivity contribution in [3.8, 4) is 0 Å².